The molecule has 5 atom stereocenters. The molecule has 54 heavy (non-hydrogen) atoms. The van der Waals surface area contributed by atoms with Crippen LogP contribution >= 0.6 is 0 Å². The summed E-state index contributed by atoms with van der Waals surface area (Å²) in [5.41, 5.74) is 11.7. The van der Waals surface area contributed by atoms with Gasteiger partial charge in [-0.05, 0) is 55.0 Å². The first-order valence-corrected chi connectivity index (χ1v) is 18.5. The lowest BCUT2D eigenvalue weighted by Gasteiger charge is -2.28. The van der Waals surface area contributed by atoms with E-state index in [1.54, 1.807) is 35.4 Å². The predicted octanol–water partition coefficient (Wildman–Crippen LogP) is 6.34. The van der Waals surface area contributed by atoms with Crippen molar-refractivity contribution in [2.75, 3.05) is 26.7 Å². The Morgan fingerprint density at radius 2 is 1.30 bits per heavy atom. The minimum atomic E-state index is -1.13. The number of aromatic amines is 2. The number of carbonyl (C=O) groups is 3. The second-order valence-corrected chi connectivity index (χ2v) is 14.4. The first-order valence-electron chi connectivity index (χ1n) is 18.5. The van der Waals surface area contributed by atoms with Crippen molar-refractivity contribution in [3.63, 3.8) is 0 Å². The van der Waals surface area contributed by atoms with E-state index in [4.69, 9.17) is 10.5 Å². The molecule has 8 rings (SSSR count). The first kappa shape index (κ1) is 35.2. The van der Waals surface area contributed by atoms with Crippen molar-refractivity contribution >= 4 is 17.9 Å². The van der Waals surface area contributed by atoms with Crippen LogP contribution in [0.5, 0.6) is 0 Å². The van der Waals surface area contributed by atoms with Gasteiger partial charge in [0.15, 0.2) is 0 Å². The summed E-state index contributed by atoms with van der Waals surface area (Å²) in [6, 6.07) is 24.5. The summed E-state index contributed by atoms with van der Waals surface area (Å²) >= 11 is 0. The number of hydrogen-bond donors (Lipinski definition) is 3. The molecule has 0 unspecified atom stereocenters. The number of nitrogens with two attached hydrogens (primary N) is 1. The third-order valence-electron chi connectivity index (χ3n) is 11.0. The molecule has 12 nitrogen and oxygen atoms in total. The Morgan fingerprint density at radius 3 is 1.81 bits per heavy atom. The van der Waals surface area contributed by atoms with Crippen molar-refractivity contribution in [1.29, 1.82) is 0 Å². The highest BCUT2D eigenvalue weighted by atomic mass is 19.1. The summed E-state index contributed by atoms with van der Waals surface area (Å²) < 4.78 is 19.3. The van der Waals surface area contributed by atoms with E-state index in [1.165, 1.54) is 0 Å². The average Bonchev–Trinajstić information content (AvgIpc) is 4.04. The van der Waals surface area contributed by atoms with Gasteiger partial charge < -0.3 is 30.2 Å². The lowest BCUT2D eigenvalue weighted by molar-refractivity contribution is -0.141. The molecule has 278 valence electrons. The maximum atomic E-state index is 14.0. The molecule has 3 fully saturated rings. The number of likely N-dealkylation sites (N-methyl/N-ethyl adjacent to an activating group) is 1. The Bertz CT molecular complexity index is 2120. The Balaban J connectivity index is 0.925. The minimum Gasteiger partial charge on any atom is -0.431 e. The topological polar surface area (TPSA) is 154 Å². The van der Waals surface area contributed by atoms with Gasteiger partial charge in [-0.25, -0.2) is 19.2 Å². The zero-order valence-electron chi connectivity index (χ0n) is 30.0. The SMILES string of the molecule is CN1C[C@H](F)C[C@H]1C(=O)N1CCC[C@H]1c1ncc(-c2ccc(-c3ccc(-c4cnc([C@@H]5CCCN5C(=O)[C@H](OC(N)=O)c5ccccc5)[nH]4)cc3)cc2)[nH]1. The lowest BCUT2D eigenvalue weighted by atomic mass is 10.0. The van der Waals surface area contributed by atoms with Crippen LogP contribution in [0.1, 0.15) is 67.5 Å². The van der Waals surface area contributed by atoms with Crippen LogP contribution in [0.2, 0.25) is 0 Å². The Kier molecular flexibility index (Phi) is 9.72. The van der Waals surface area contributed by atoms with Crippen LogP contribution in [0.3, 0.4) is 0 Å². The Morgan fingerprint density at radius 1 is 0.778 bits per heavy atom. The molecule has 4 N–H and O–H groups in total. The quantitative estimate of drug-likeness (QED) is 0.160. The third-order valence-corrected chi connectivity index (χ3v) is 11.0. The van der Waals surface area contributed by atoms with E-state index in [0.717, 1.165) is 65.1 Å². The number of halogens is 1. The van der Waals surface area contributed by atoms with Crippen LogP contribution < -0.4 is 5.73 Å². The van der Waals surface area contributed by atoms with Crippen molar-refractivity contribution in [2.45, 2.75) is 62.5 Å². The van der Waals surface area contributed by atoms with Crippen molar-refractivity contribution in [3.8, 4) is 33.6 Å². The van der Waals surface area contributed by atoms with Gasteiger partial charge in [0.1, 0.15) is 17.8 Å². The fraction of sp³-hybridized carbons (Fsp3) is 0.341. The summed E-state index contributed by atoms with van der Waals surface area (Å²) in [5.74, 6) is 1.09. The van der Waals surface area contributed by atoms with E-state index in [0.29, 0.717) is 31.0 Å². The standard InChI is InChI=1S/C41H43FN8O4/c1-48-24-30(42)21-35(48)39(51)49-19-5-9-33(49)37-44-22-31(46-37)27-15-11-25(12-16-27)26-13-17-28(18-14-26)32-23-45-38(47-32)34-10-6-20-50(34)40(52)36(54-41(43)53)29-7-3-2-4-8-29/h2-4,7-8,11-18,22-23,30,33-36H,5-6,9-10,19-21,24H2,1H3,(H2,43,53)(H,44,46)(H,45,47)/t30-,33+,34+,35+,36-/m1/s1. The number of nitrogens with one attached hydrogen (secondary N) is 2. The van der Waals surface area contributed by atoms with Gasteiger partial charge in [-0.15, -0.1) is 0 Å². The highest BCUT2D eigenvalue weighted by Gasteiger charge is 2.41. The van der Waals surface area contributed by atoms with Crippen LogP contribution in [0.4, 0.5) is 9.18 Å². The number of H-pyrrole nitrogens is 2. The van der Waals surface area contributed by atoms with Gasteiger partial charge >= 0.3 is 6.09 Å². The van der Waals surface area contributed by atoms with E-state index in [1.807, 2.05) is 41.2 Å². The molecule has 2 aromatic heterocycles. The molecule has 13 heteroatoms. The van der Waals surface area contributed by atoms with Crippen LogP contribution in [0, 0.1) is 0 Å². The Hall–Kier alpha value is -5.82. The zero-order valence-corrected chi connectivity index (χ0v) is 30.0. The van der Waals surface area contributed by atoms with Gasteiger partial charge in [0.05, 0.1) is 41.9 Å². The smallest absolute Gasteiger partial charge is 0.405 e. The highest BCUT2D eigenvalue weighted by molar-refractivity contribution is 5.85. The predicted molar refractivity (Wildman–Crippen MR) is 200 cm³/mol. The molecule has 3 aliphatic heterocycles. The van der Waals surface area contributed by atoms with E-state index >= 15 is 0 Å². The lowest BCUT2D eigenvalue weighted by Crippen LogP contribution is -2.44. The molecule has 3 aromatic carbocycles. The number of rotatable bonds is 9. The van der Waals surface area contributed by atoms with E-state index in [-0.39, 0.29) is 30.3 Å². The number of imidazole rings is 2. The van der Waals surface area contributed by atoms with Crippen molar-refractivity contribution < 1.29 is 23.5 Å². The number of primary amides is 1. The average molecular weight is 731 g/mol. The molecule has 3 saturated heterocycles. The molecule has 0 aliphatic carbocycles. The van der Waals surface area contributed by atoms with Crippen molar-refractivity contribution in [3.05, 3.63) is 108 Å². The van der Waals surface area contributed by atoms with Gasteiger partial charge in [-0.1, -0.05) is 78.9 Å². The fourth-order valence-corrected chi connectivity index (χ4v) is 8.19. The van der Waals surface area contributed by atoms with Crippen LogP contribution in [0.25, 0.3) is 33.6 Å². The van der Waals surface area contributed by atoms with Gasteiger partial charge in [0, 0.05) is 31.6 Å². The summed E-state index contributed by atoms with van der Waals surface area (Å²) in [5, 5.41) is 0. The normalized spacial score (nSPS) is 22.1. The number of aromatic nitrogens is 4. The number of alkyl halides is 1. The molecule has 0 radical (unpaired) electrons. The zero-order chi connectivity index (χ0) is 37.3. The number of carbonyl (C=O) groups excluding carboxylic acids is 3. The number of hydrogen-bond acceptors (Lipinski definition) is 7. The molecule has 5 aromatic rings. The molecule has 5 heterocycles. The molecule has 0 saturated carbocycles. The minimum absolute atomic E-state index is 0.0140. The fourth-order valence-electron chi connectivity index (χ4n) is 8.19. The van der Waals surface area contributed by atoms with Crippen LogP contribution in [-0.4, -0.2) is 91.4 Å². The number of benzene rings is 3. The monoisotopic (exact) mass is 730 g/mol. The van der Waals surface area contributed by atoms with Gasteiger partial charge in [0.2, 0.25) is 12.0 Å². The van der Waals surface area contributed by atoms with E-state index < -0.39 is 24.4 Å². The summed E-state index contributed by atoms with van der Waals surface area (Å²) in [7, 11) is 1.82. The maximum Gasteiger partial charge on any atom is 0.405 e. The van der Waals surface area contributed by atoms with Gasteiger partial charge in [-0.3, -0.25) is 14.5 Å². The first-order chi connectivity index (χ1) is 26.2. The van der Waals surface area contributed by atoms with Crippen LogP contribution in [0.15, 0.2) is 91.3 Å². The van der Waals surface area contributed by atoms with Crippen LogP contribution in [-0.2, 0) is 14.3 Å². The van der Waals surface area contributed by atoms with E-state index in [9.17, 15) is 18.8 Å². The maximum absolute atomic E-state index is 14.0. The molecule has 0 spiro atoms. The van der Waals surface area contributed by atoms with Gasteiger partial charge in [0.25, 0.3) is 5.91 Å². The molecule has 0 bridgehead atoms. The molecular formula is C41H43FN8O4. The van der Waals surface area contributed by atoms with Crippen molar-refractivity contribution in [2.24, 2.45) is 5.73 Å². The molecular weight excluding hydrogens is 688 g/mol. The summed E-state index contributed by atoms with van der Waals surface area (Å²) in [6.07, 6.45) is 3.97. The number of nitrogens with zero attached hydrogens (tertiary/aromatic N) is 5. The third kappa shape index (κ3) is 6.98. The number of amides is 3. The second-order valence-electron chi connectivity index (χ2n) is 14.4. The largest absolute Gasteiger partial charge is 0.431 e. The van der Waals surface area contributed by atoms with Crippen molar-refractivity contribution in [1.82, 2.24) is 34.6 Å². The van der Waals surface area contributed by atoms with E-state index in [2.05, 4.69) is 56.3 Å². The van der Waals surface area contributed by atoms with Gasteiger partial charge in [-0.2, -0.15) is 0 Å². The summed E-state index contributed by atoms with van der Waals surface area (Å²) in [4.78, 5) is 60.4. The number of ether oxygens (including phenoxy) is 1. The Labute approximate surface area is 312 Å². The number of likely N-dealkylation sites (tertiary alicyclic amines) is 3. The second kappa shape index (κ2) is 14.9. The summed E-state index contributed by atoms with van der Waals surface area (Å²) in [6.45, 7) is 1.47. The molecule has 3 amide bonds. The highest BCUT2D eigenvalue weighted by Crippen LogP contribution is 2.37. The molecule has 3 aliphatic rings.